The maximum absolute atomic E-state index is 11.2. The second kappa shape index (κ2) is 11.9. The molecular weight excluding hydrogens is 426 g/mol. The van der Waals surface area contributed by atoms with Crippen molar-refractivity contribution < 1.29 is 28.8 Å². The lowest BCUT2D eigenvalue weighted by Gasteiger charge is -2.15. The van der Waals surface area contributed by atoms with Crippen molar-refractivity contribution in [2.45, 2.75) is 0 Å². The van der Waals surface area contributed by atoms with Crippen LogP contribution >= 0.6 is 12.4 Å². The number of nitrogens with one attached hydrogen (secondary N) is 1. The third-order valence-corrected chi connectivity index (χ3v) is 4.16. The topological polar surface area (TPSA) is 112 Å². The Bertz CT molecular complexity index is 1020. The van der Waals surface area contributed by atoms with E-state index in [1.54, 1.807) is 38.5 Å². The molecule has 0 bridgehead atoms. The SMILES string of the molecule is COCCOc1cc2ncnc(Nc3cccc(C(=O)O)c3)c2cc1OCCOC.Cl. The van der Waals surface area contributed by atoms with Crippen molar-refractivity contribution in [2.24, 2.45) is 0 Å². The Morgan fingerprint density at radius 2 is 1.65 bits per heavy atom. The van der Waals surface area contributed by atoms with Gasteiger partial charge in [-0.2, -0.15) is 0 Å². The Morgan fingerprint density at radius 3 is 2.29 bits per heavy atom. The molecule has 0 spiro atoms. The van der Waals surface area contributed by atoms with E-state index in [0.29, 0.717) is 60.3 Å². The highest BCUT2D eigenvalue weighted by Gasteiger charge is 2.13. The number of carboxylic acid groups (broad SMARTS) is 1. The highest BCUT2D eigenvalue weighted by Crippen LogP contribution is 2.35. The number of hydrogen-bond donors (Lipinski definition) is 2. The first-order valence-corrected chi connectivity index (χ1v) is 9.25. The van der Waals surface area contributed by atoms with Crippen LogP contribution in [0.3, 0.4) is 0 Å². The molecule has 0 atom stereocenters. The summed E-state index contributed by atoms with van der Waals surface area (Å²) in [6, 6.07) is 10.0. The minimum atomic E-state index is -1.00. The number of carboxylic acids is 1. The van der Waals surface area contributed by atoms with E-state index in [2.05, 4.69) is 15.3 Å². The number of nitrogens with zero attached hydrogens (tertiary/aromatic N) is 2. The molecule has 0 saturated carbocycles. The zero-order valence-corrected chi connectivity index (χ0v) is 18.0. The Labute approximate surface area is 185 Å². The van der Waals surface area contributed by atoms with Gasteiger partial charge in [-0.3, -0.25) is 0 Å². The molecule has 3 aromatic rings. The van der Waals surface area contributed by atoms with E-state index in [1.165, 1.54) is 18.5 Å². The van der Waals surface area contributed by atoms with Gasteiger partial charge in [0.05, 0.1) is 24.3 Å². The number of benzene rings is 2. The average molecular weight is 450 g/mol. The monoisotopic (exact) mass is 449 g/mol. The Morgan fingerprint density at radius 1 is 0.968 bits per heavy atom. The third-order valence-electron chi connectivity index (χ3n) is 4.16. The summed E-state index contributed by atoms with van der Waals surface area (Å²) in [5.74, 6) is 0.571. The molecule has 0 aliphatic heterocycles. The molecule has 9 nitrogen and oxygen atoms in total. The van der Waals surface area contributed by atoms with Gasteiger partial charge in [0.15, 0.2) is 11.5 Å². The van der Waals surface area contributed by atoms with Crippen molar-refractivity contribution >= 4 is 40.8 Å². The van der Waals surface area contributed by atoms with E-state index in [4.69, 9.17) is 18.9 Å². The molecule has 0 amide bonds. The normalized spacial score (nSPS) is 10.4. The van der Waals surface area contributed by atoms with Gasteiger partial charge in [-0.05, 0) is 24.3 Å². The molecule has 0 fully saturated rings. The molecule has 166 valence electrons. The quantitative estimate of drug-likeness (QED) is 0.424. The number of fused-ring (bicyclic) bond motifs is 1. The molecule has 1 aromatic heterocycles. The van der Waals surface area contributed by atoms with E-state index in [1.807, 2.05) is 0 Å². The molecule has 10 heteroatoms. The average Bonchev–Trinajstić information content (AvgIpc) is 2.75. The van der Waals surface area contributed by atoms with Crippen LogP contribution in [0.15, 0.2) is 42.7 Å². The van der Waals surface area contributed by atoms with Crippen molar-refractivity contribution in [1.82, 2.24) is 9.97 Å². The first-order chi connectivity index (χ1) is 14.6. The number of aromatic nitrogens is 2. The van der Waals surface area contributed by atoms with Crippen LogP contribution in [0.2, 0.25) is 0 Å². The Hall–Kier alpha value is -3.14. The maximum atomic E-state index is 11.2. The van der Waals surface area contributed by atoms with Crippen molar-refractivity contribution in [1.29, 1.82) is 0 Å². The minimum absolute atomic E-state index is 0. The van der Waals surface area contributed by atoms with Crippen molar-refractivity contribution in [3.8, 4) is 11.5 Å². The smallest absolute Gasteiger partial charge is 0.335 e. The molecule has 1 heterocycles. The summed E-state index contributed by atoms with van der Waals surface area (Å²) < 4.78 is 21.7. The van der Waals surface area contributed by atoms with Crippen molar-refractivity contribution in [2.75, 3.05) is 46.0 Å². The highest BCUT2D eigenvalue weighted by molar-refractivity contribution is 5.94. The van der Waals surface area contributed by atoms with E-state index < -0.39 is 5.97 Å². The van der Waals surface area contributed by atoms with Crippen LogP contribution in [-0.4, -0.2) is 61.7 Å². The van der Waals surface area contributed by atoms with Gasteiger partial charge >= 0.3 is 5.97 Å². The molecule has 0 aliphatic carbocycles. The summed E-state index contributed by atoms with van der Waals surface area (Å²) >= 11 is 0. The number of rotatable bonds is 11. The summed E-state index contributed by atoms with van der Waals surface area (Å²) in [5.41, 5.74) is 1.42. The summed E-state index contributed by atoms with van der Waals surface area (Å²) in [7, 11) is 3.20. The first-order valence-electron chi connectivity index (χ1n) is 9.25. The minimum Gasteiger partial charge on any atom is -0.487 e. The largest absolute Gasteiger partial charge is 0.487 e. The lowest BCUT2D eigenvalue weighted by atomic mass is 10.1. The van der Waals surface area contributed by atoms with Crippen LogP contribution in [0, 0.1) is 0 Å². The molecule has 0 radical (unpaired) electrons. The predicted octanol–water partition coefficient (Wildman–Crippen LogP) is 3.54. The lowest BCUT2D eigenvalue weighted by Crippen LogP contribution is -2.09. The van der Waals surface area contributed by atoms with Gasteiger partial charge in [-0.15, -0.1) is 12.4 Å². The maximum Gasteiger partial charge on any atom is 0.335 e. The molecule has 0 unspecified atom stereocenters. The van der Waals surface area contributed by atoms with Crippen molar-refractivity contribution in [3.63, 3.8) is 0 Å². The van der Waals surface area contributed by atoms with Crippen LogP contribution in [0.4, 0.5) is 11.5 Å². The highest BCUT2D eigenvalue weighted by atomic mass is 35.5. The fourth-order valence-electron chi connectivity index (χ4n) is 2.73. The second-order valence-electron chi connectivity index (χ2n) is 6.23. The van der Waals surface area contributed by atoms with Crippen LogP contribution in [0.1, 0.15) is 10.4 Å². The van der Waals surface area contributed by atoms with Gasteiger partial charge < -0.3 is 29.4 Å². The summed E-state index contributed by atoms with van der Waals surface area (Å²) in [6.45, 7) is 1.57. The summed E-state index contributed by atoms with van der Waals surface area (Å²) in [4.78, 5) is 19.9. The van der Waals surface area contributed by atoms with Gasteiger partial charge in [0.2, 0.25) is 0 Å². The fraction of sp³-hybridized carbons (Fsp3) is 0.286. The molecule has 0 aliphatic rings. The lowest BCUT2D eigenvalue weighted by molar-refractivity contribution is 0.0697. The number of hydrogen-bond acceptors (Lipinski definition) is 8. The zero-order chi connectivity index (χ0) is 21.3. The van der Waals surface area contributed by atoms with Crippen LogP contribution in [0.25, 0.3) is 10.9 Å². The molecule has 0 saturated heterocycles. The third kappa shape index (κ3) is 6.42. The molecule has 2 N–H and O–H groups in total. The number of methoxy groups -OCH3 is 2. The number of aromatic carboxylic acids is 1. The molecule has 31 heavy (non-hydrogen) atoms. The van der Waals surface area contributed by atoms with E-state index in [9.17, 15) is 9.90 Å². The van der Waals surface area contributed by atoms with Gasteiger partial charge in [-0.1, -0.05) is 6.07 Å². The summed E-state index contributed by atoms with van der Waals surface area (Å²) in [6.07, 6.45) is 1.43. The van der Waals surface area contributed by atoms with Crippen molar-refractivity contribution in [3.05, 3.63) is 48.3 Å². The number of carbonyl (C=O) groups is 1. The number of ether oxygens (including phenoxy) is 4. The molecule has 2 aromatic carbocycles. The fourth-order valence-corrected chi connectivity index (χ4v) is 2.73. The Kier molecular flexibility index (Phi) is 9.26. The Balaban J connectivity index is 0.00000341. The number of anilines is 2. The van der Waals surface area contributed by atoms with Gasteiger partial charge in [-0.25, -0.2) is 14.8 Å². The van der Waals surface area contributed by atoms with E-state index in [0.717, 1.165) is 0 Å². The van der Waals surface area contributed by atoms with E-state index in [-0.39, 0.29) is 18.0 Å². The van der Waals surface area contributed by atoms with Gasteiger partial charge in [0.25, 0.3) is 0 Å². The molecular formula is C21H24ClN3O6. The van der Waals surface area contributed by atoms with Gasteiger partial charge in [0, 0.05) is 31.4 Å². The second-order valence-corrected chi connectivity index (χ2v) is 6.23. The van der Waals surface area contributed by atoms with E-state index >= 15 is 0 Å². The van der Waals surface area contributed by atoms with Gasteiger partial charge in [0.1, 0.15) is 25.4 Å². The van der Waals surface area contributed by atoms with Crippen LogP contribution in [0.5, 0.6) is 11.5 Å². The first kappa shape index (κ1) is 24.1. The molecule has 3 rings (SSSR count). The van der Waals surface area contributed by atoms with Crippen LogP contribution in [-0.2, 0) is 9.47 Å². The number of halogens is 1. The summed E-state index contributed by atoms with van der Waals surface area (Å²) in [5, 5.41) is 13.1. The predicted molar refractivity (Wildman–Crippen MR) is 118 cm³/mol. The standard InChI is InChI=1S/C21H23N3O6.ClH/c1-27-6-8-29-18-11-16-17(12-19(18)30-9-7-28-2)22-13-23-20(16)24-15-5-3-4-14(10-15)21(25)26;/h3-5,10-13H,6-9H2,1-2H3,(H,25,26)(H,22,23,24);1H. The van der Waals surface area contributed by atoms with Crippen LogP contribution < -0.4 is 14.8 Å². The zero-order valence-electron chi connectivity index (χ0n) is 17.2.